The van der Waals surface area contributed by atoms with Gasteiger partial charge in [0, 0.05) is 12.1 Å². The van der Waals surface area contributed by atoms with Gasteiger partial charge >= 0.3 is 18.0 Å². The molecule has 0 spiro atoms. The molecule has 0 aliphatic carbocycles. The number of hydrogen-bond acceptors (Lipinski definition) is 5. The van der Waals surface area contributed by atoms with E-state index in [1.165, 1.54) is 24.3 Å². The van der Waals surface area contributed by atoms with Crippen molar-refractivity contribution in [3.63, 3.8) is 0 Å². The molecule has 11 heteroatoms. The fraction of sp³-hybridized carbons (Fsp3) is 0.150. The Labute approximate surface area is 184 Å². The number of benzene rings is 2. The fourth-order valence-corrected chi connectivity index (χ4v) is 3.12. The number of carbonyl (C=O) groups is 1. The van der Waals surface area contributed by atoms with Gasteiger partial charge in [0.15, 0.2) is 5.75 Å². The minimum absolute atomic E-state index is 0.0353. The second-order valence-electron chi connectivity index (χ2n) is 6.28. The lowest BCUT2D eigenvalue weighted by Crippen LogP contribution is -2.31. The highest BCUT2D eigenvalue weighted by molar-refractivity contribution is 6.37. The second kappa shape index (κ2) is 8.88. The summed E-state index contributed by atoms with van der Waals surface area (Å²) in [4.78, 5) is 17.8. The minimum atomic E-state index is -4.52. The van der Waals surface area contributed by atoms with Crippen molar-refractivity contribution in [2.75, 3.05) is 6.54 Å². The number of nitrogens with zero attached hydrogens (tertiary/aromatic N) is 3. The van der Waals surface area contributed by atoms with E-state index in [1.54, 1.807) is 0 Å². The molecule has 3 aromatic rings. The van der Waals surface area contributed by atoms with Gasteiger partial charge in [0.2, 0.25) is 5.82 Å². The van der Waals surface area contributed by atoms with Crippen LogP contribution in [-0.4, -0.2) is 32.6 Å². The predicted octanol–water partition coefficient (Wildman–Crippen LogP) is 5.04. The number of carbonyl (C=O) groups excluding carboxylic acids is 1. The first-order valence-electron chi connectivity index (χ1n) is 8.51. The zero-order valence-corrected chi connectivity index (χ0v) is 17.0. The third-order valence-corrected chi connectivity index (χ3v) is 4.66. The van der Waals surface area contributed by atoms with Gasteiger partial charge in [-0.25, -0.2) is 0 Å². The summed E-state index contributed by atoms with van der Waals surface area (Å²) in [7, 11) is 0. The molecule has 0 atom stereocenters. The van der Waals surface area contributed by atoms with Crippen LogP contribution in [0, 0.1) is 12.3 Å². The molecule has 0 aliphatic rings. The third-order valence-electron chi connectivity index (χ3n) is 4.08. The van der Waals surface area contributed by atoms with Gasteiger partial charge in [0.05, 0.1) is 22.2 Å². The smallest absolute Gasteiger partial charge is 0.416 e. The lowest BCUT2D eigenvalue weighted by molar-refractivity contribution is -0.137. The number of aromatic hydroxyl groups is 1. The van der Waals surface area contributed by atoms with Crippen LogP contribution >= 0.6 is 23.2 Å². The van der Waals surface area contributed by atoms with Gasteiger partial charge in [-0.15, -0.1) is 6.42 Å². The van der Waals surface area contributed by atoms with Crippen LogP contribution in [0.25, 0.3) is 11.4 Å². The summed E-state index contributed by atoms with van der Waals surface area (Å²) in [6.07, 6.45) is 0.775. The van der Waals surface area contributed by atoms with Gasteiger partial charge in [-0.2, -0.15) is 18.2 Å². The maximum absolute atomic E-state index is 12.9. The zero-order valence-electron chi connectivity index (χ0n) is 15.5. The van der Waals surface area contributed by atoms with Gasteiger partial charge in [0.1, 0.15) is 0 Å². The highest BCUT2D eigenvalue weighted by Crippen LogP contribution is 2.35. The largest absolute Gasteiger partial charge is 0.505 e. The number of hydrogen-bond donors (Lipinski definition) is 1. The summed E-state index contributed by atoms with van der Waals surface area (Å²) in [6, 6.07) is 7.17. The summed E-state index contributed by atoms with van der Waals surface area (Å²) in [5.41, 5.74) is -0.355. The van der Waals surface area contributed by atoms with E-state index in [0.717, 1.165) is 17.0 Å². The lowest BCUT2D eigenvalue weighted by atomic mass is 10.1. The van der Waals surface area contributed by atoms with E-state index in [0.29, 0.717) is 0 Å². The van der Waals surface area contributed by atoms with E-state index in [-0.39, 0.29) is 45.8 Å². The molecule has 0 aliphatic heterocycles. The molecule has 1 heterocycles. The van der Waals surface area contributed by atoms with Crippen molar-refractivity contribution in [2.45, 2.75) is 12.7 Å². The van der Waals surface area contributed by atoms with E-state index in [9.17, 15) is 23.1 Å². The molecule has 1 amide bonds. The monoisotopic (exact) mass is 469 g/mol. The fourth-order valence-electron chi connectivity index (χ4n) is 2.63. The van der Waals surface area contributed by atoms with Crippen LogP contribution in [0.2, 0.25) is 10.0 Å². The molecule has 0 fully saturated rings. The first kappa shape index (κ1) is 22.5. The second-order valence-corrected chi connectivity index (χ2v) is 7.09. The summed E-state index contributed by atoms with van der Waals surface area (Å²) >= 11 is 11.7. The molecule has 160 valence electrons. The Balaban J connectivity index is 1.86. The van der Waals surface area contributed by atoms with Crippen molar-refractivity contribution < 1.29 is 27.6 Å². The number of phenolic OH excluding ortho intramolecular Hbond substituents is 1. The molecule has 6 nitrogen and oxygen atoms in total. The normalized spacial score (nSPS) is 11.2. The maximum Gasteiger partial charge on any atom is 0.416 e. The highest BCUT2D eigenvalue weighted by Gasteiger charge is 2.31. The topological polar surface area (TPSA) is 79.5 Å². The summed E-state index contributed by atoms with van der Waals surface area (Å²) < 4.78 is 43.8. The average molecular weight is 470 g/mol. The minimum Gasteiger partial charge on any atom is -0.505 e. The van der Waals surface area contributed by atoms with Crippen LogP contribution in [0.4, 0.5) is 13.2 Å². The van der Waals surface area contributed by atoms with E-state index in [4.69, 9.17) is 34.1 Å². The Morgan fingerprint density at radius 2 is 1.90 bits per heavy atom. The van der Waals surface area contributed by atoms with E-state index in [1.807, 2.05) is 0 Å². The van der Waals surface area contributed by atoms with Crippen molar-refractivity contribution in [1.82, 2.24) is 15.0 Å². The summed E-state index contributed by atoms with van der Waals surface area (Å²) in [6.45, 7) is -0.412. The summed E-state index contributed by atoms with van der Waals surface area (Å²) in [5, 5.41) is 13.2. The molecular weight excluding hydrogens is 458 g/mol. The predicted molar refractivity (Wildman–Crippen MR) is 106 cm³/mol. The Morgan fingerprint density at radius 3 is 2.52 bits per heavy atom. The molecule has 2 aromatic carbocycles. The van der Waals surface area contributed by atoms with Crippen LogP contribution in [0.15, 0.2) is 40.9 Å². The molecule has 3 rings (SSSR count). The molecule has 0 radical (unpaired) electrons. The Kier molecular flexibility index (Phi) is 6.43. The lowest BCUT2D eigenvalue weighted by Gasteiger charge is -2.19. The number of aromatic nitrogens is 2. The Bertz CT molecular complexity index is 1150. The number of phenols is 1. The van der Waals surface area contributed by atoms with Crippen LogP contribution in [0.3, 0.4) is 0 Å². The summed E-state index contributed by atoms with van der Waals surface area (Å²) in [5.74, 6) is 0.707. The van der Waals surface area contributed by atoms with Crippen molar-refractivity contribution in [1.29, 1.82) is 0 Å². The molecule has 0 saturated heterocycles. The first-order chi connectivity index (χ1) is 14.6. The van der Waals surface area contributed by atoms with E-state index in [2.05, 4.69) is 16.1 Å². The van der Waals surface area contributed by atoms with Crippen molar-refractivity contribution in [2.24, 2.45) is 0 Å². The molecule has 1 N–H and O–H groups in total. The molecular formula is C20H12Cl2F3N3O3. The van der Waals surface area contributed by atoms with Gasteiger partial charge in [0.25, 0.3) is 0 Å². The number of halogens is 5. The number of amides is 1. The molecule has 0 bridgehead atoms. The average Bonchev–Trinajstić information content (AvgIpc) is 3.20. The number of alkyl halides is 3. The van der Waals surface area contributed by atoms with Gasteiger partial charge in [-0.3, -0.25) is 4.79 Å². The van der Waals surface area contributed by atoms with E-state index >= 15 is 0 Å². The Hall–Kier alpha value is -3.22. The van der Waals surface area contributed by atoms with Crippen LogP contribution in [-0.2, 0) is 12.7 Å². The van der Waals surface area contributed by atoms with Crippen LogP contribution in [0.5, 0.6) is 5.75 Å². The SMILES string of the molecule is C#CCN(Cc1cccc(C(F)(F)F)c1)C(=O)c1nc(-c2cc(Cl)c(O)c(Cl)c2)no1. The standard InChI is InChI=1S/C20H12Cl2F3N3O3/c1-2-6-28(10-11-4-3-5-13(7-11)20(23,24)25)19(30)18-26-17(27-31-18)12-8-14(21)16(29)15(22)9-12/h1,3-5,7-9,29H,6,10H2. The molecule has 0 unspecified atom stereocenters. The van der Waals surface area contributed by atoms with Gasteiger partial charge in [-0.1, -0.05) is 46.4 Å². The Morgan fingerprint density at radius 1 is 1.23 bits per heavy atom. The quantitative estimate of drug-likeness (QED) is 0.529. The van der Waals surface area contributed by atoms with Crippen molar-refractivity contribution in [3.8, 4) is 29.5 Å². The molecule has 31 heavy (non-hydrogen) atoms. The number of rotatable bonds is 5. The molecule has 1 aromatic heterocycles. The van der Waals surface area contributed by atoms with Crippen molar-refractivity contribution in [3.05, 3.63) is 63.5 Å². The van der Waals surface area contributed by atoms with Crippen LogP contribution in [0.1, 0.15) is 21.8 Å². The van der Waals surface area contributed by atoms with Gasteiger partial charge in [-0.05, 0) is 29.8 Å². The van der Waals surface area contributed by atoms with Gasteiger partial charge < -0.3 is 14.5 Å². The maximum atomic E-state index is 12.9. The van der Waals surface area contributed by atoms with Crippen molar-refractivity contribution >= 4 is 29.1 Å². The highest BCUT2D eigenvalue weighted by atomic mass is 35.5. The molecule has 0 saturated carbocycles. The van der Waals surface area contributed by atoms with E-state index < -0.39 is 23.5 Å². The van der Waals surface area contributed by atoms with Crippen LogP contribution < -0.4 is 0 Å². The third kappa shape index (κ3) is 5.10. The zero-order chi connectivity index (χ0) is 22.8. The number of terminal acetylenes is 1. The first-order valence-corrected chi connectivity index (χ1v) is 9.26.